The number of likely N-dealkylation sites (N-methyl/N-ethyl adjacent to an activating group) is 1. The highest BCUT2D eigenvalue weighted by atomic mass is 19.4. The van der Waals surface area contributed by atoms with Crippen molar-refractivity contribution < 1.29 is 22.8 Å². The lowest BCUT2D eigenvalue weighted by Gasteiger charge is -2.27. The zero-order valence-corrected chi connectivity index (χ0v) is 9.30. The smallest absolute Gasteiger partial charge is 0.353 e. The SMILES string of the molecule is CN(CCC(F)(F)F)C(=O)C1CNC(=O)CN1. The molecule has 5 nitrogen and oxygen atoms in total. The first-order valence-corrected chi connectivity index (χ1v) is 5.11. The van der Waals surface area contributed by atoms with E-state index in [-0.39, 0.29) is 25.5 Å². The zero-order valence-electron chi connectivity index (χ0n) is 9.30. The molecule has 1 fully saturated rings. The van der Waals surface area contributed by atoms with E-state index in [1.807, 2.05) is 0 Å². The molecule has 0 saturated carbocycles. The summed E-state index contributed by atoms with van der Waals surface area (Å²) in [5, 5.41) is 5.13. The van der Waals surface area contributed by atoms with Gasteiger partial charge in [0.15, 0.2) is 0 Å². The summed E-state index contributed by atoms with van der Waals surface area (Å²) in [6, 6.07) is -0.647. The van der Waals surface area contributed by atoms with E-state index in [9.17, 15) is 22.8 Å². The van der Waals surface area contributed by atoms with Crippen molar-refractivity contribution in [1.29, 1.82) is 0 Å². The molecule has 1 unspecified atom stereocenters. The lowest BCUT2D eigenvalue weighted by molar-refractivity contribution is -0.145. The molecule has 17 heavy (non-hydrogen) atoms. The van der Waals surface area contributed by atoms with Crippen molar-refractivity contribution in [3.05, 3.63) is 0 Å². The predicted octanol–water partition coefficient (Wildman–Crippen LogP) is -0.515. The average molecular weight is 253 g/mol. The van der Waals surface area contributed by atoms with E-state index in [2.05, 4.69) is 10.6 Å². The maximum absolute atomic E-state index is 12.0. The van der Waals surface area contributed by atoms with E-state index in [4.69, 9.17) is 0 Å². The monoisotopic (exact) mass is 253 g/mol. The molecule has 0 bridgehead atoms. The van der Waals surface area contributed by atoms with Gasteiger partial charge in [-0.05, 0) is 0 Å². The number of amides is 2. The Hall–Kier alpha value is -1.31. The number of nitrogens with one attached hydrogen (secondary N) is 2. The van der Waals surface area contributed by atoms with Crippen LogP contribution in [0.15, 0.2) is 0 Å². The summed E-state index contributed by atoms with van der Waals surface area (Å²) in [6.45, 7) is -0.272. The van der Waals surface area contributed by atoms with Crippen LogP contribution in [0.4, 0.5) is 13.2 Å². The second kappa shape index (κ2) is 5.35. The Balaban J connectivity index is 2.38. The van der Waals surface area contributed by atoms with Gasteiger partial charge in [0.25, 0.3) is 0 Å². The lowest BCUT2D eigenvalue weighted by atomic mass is 10.2. The van der Waals surface area contributed by atoms with Crippen molar-refractivity contribution in [2.45, 2.75) is 18.6 Å². The molecule has 2 N–H and O–H groups in total. The Bertz CT molecular complexity index is 296. The minimum absolute atomic E-state index is 0.00349. The molecule has 1 saturated heterocycles. The van der Waals surface area contributed by atoms with Crippen LogP contribution < -0.4 is 10.6 Å². The minimum Gasteiger partial charge on any atom is -0.353 e. The van der Waals surface area contributed by atoms with Crippen LogP contribution in [-0.2, 0) is 9.59 Å². The third-order valence-corrected chi connectivity index (χ3v) is 2.42. The number of hydrogen-bond donors (Lipinski definition) is 2. The molecule has 0 radical (unpaired) electrons. The third-order valence-electron chi connectivity index (χ3n) is 2.42. The molecule has 0 aliphatic carbocycles. The molecule has 1 heterocycles. The standard InChI is InChI=1S/C9H14F3N3O2/c1-15(3-2-9(10,11)12)8(17)6-4-14-7(16)5-13-6/h6,13H,2-5H2,1H3,(H,14,16). The number of halogens is 3. The maximum Gasteiger partial charge on any atom is 0.390 e. The Morgan fingerprint density at radius 2 is 2.18 bits per heavy atom. The summed E-state index contributed by atoms with van der Waals surface area (Å²) < 4.78 is 35.9. The van der Waals surface area contributed by atoms with Gasteiger partial charge in [0.2, 0.25) is 11.8 Å². The zero-order chi connectivity index (χ0) is 13.1. The topological polar surface area (TPSA) is 61.4 Å². The molecular formula is C9H14F3N3O2. The van der Waals surface area contributed by atoms with Gasteiger partial charge < -0.3 is 10.2 Å². The van der Waals surface area contributed by atoms with Gasteiger partial charge in [-0.15, -0.1) is 0 Å². The van der Waals surface area contributed by atoms with Gasteiger partial charge in [-0.1, -0.05) is 0 Å². The molecule has 1 aliphatic heterocycles. The number of rotatable bonds is 3. The van der Waals surface area contributed by atoms with Crippen LogP contribution in [0, 0.1) is 0 Å². The highest BCUT2D eigenvalue weighted by Crippen LogP contribution is 2.19. The summed E-state index contributed by atoms with van der Waals surface area (Å²) >= 11 is 0. The lowest BCUT2D eigenvalue weighted by Crippen LogP contribution is -2.58. The van der Waals surface area contributed by atoms with Gasteiger partial charge in [0.1, 0.15) is 6.04 Å². The van der Waals surface area contributed by atoms with Crippen LogP contribution in [0.3, 0.4) is 0 Å². The van der Waals surface area contributed by atoms with Gasteiger partial charge >= 0.3 is 6.18 Å². The number of alkyl halides is 3. The van der Waals surface area contributed by atoms with Crippen LogP contribution >= 0.6 is 0 Å². The van der Waals surface area contributed by atoms with Crippen molar-refractivity contribution in [2.75, 3.05) is 26.7 Å². The molecule has 8 heteroatoms. The Morgan fingerprint density at radius 3 is 2.65 bits per heavy atom. The second-order valence-electron chi connectivity index (χ2n) is 3.86. The van der Waals surface area contributed by atoms with E-state index in [0.717, 1.165) is 4.90 Å². The minimum atomic E-state index is -4.28. The molecule has 1 aliphatic rings. The quantitative estimate of drug-likeness (QED) is 0.712. The van der Waals surface area contributed by atoms with Crippen molar-refractivity contribution >= 4 is 11.8 Å². The number of piperazine rings is 1. The molecule has 0 aromatic rings. The van der Waals surface area contributed by atoms with Crippen molar-refractivity contribution in [3.63, 3.8) is 0 Å². The van der Waals surface area contributed by atoms with Crippen molar-refractivity contribution in [3.8, 4) is 0 Å². The van der Waals surface area contributed by atoms with E-state index in [1.54, 1.807) is 0 Å². The van der Waals surface area contributed by atoms with Crippen LogP contribution in [-0.4, -0.2) is 55.6 Å². The third kappa shape index (κ3) is 4.59. The first-order valence-electron chi connectivity index (χ1n) is 5.11. The van der Waals surface area contributed by atoms with Gasteiger partial charge in [0, 0.05) is 20.1 Å². The van der Waals surface area contributed by atoms with Crippen LogP contribution in [0.5, 0.6) is 0 Å². The highest BCUT2D eigenvalue weighted by Gasteiger charge is 2.30. The van der Waals surface area contributed by atoms with E-state index < -0.39 is 24.5 Å². The molecule has 0 spiro atoms. The van der Waals surface area contributed by atoms with E-state index >= 15 is 0 Å². The fraction of sp³-hybridized carbons (Fsp3) is 0.778. The average Bonchev–Trinajstić information content (AvgIpc) is 2.25. The maximum atomic E-state index is 12.0. The second-order valence-corrected chi connectivity index (χ2v) is 3.86. The Labute approximate surface area is 96.3 Å². The molecule has 0 aromatic carbocycles. The van der Waals surface area contributed by atoms with Gasteiger partial charge in [-0.3, -0.25) is 14.9 Å². The number of carbonyl (C=O) groups is 2. The van der Waals surface area contributed by atoms with Gasteiger partial charge in [0.05, 0.1) is 13.0 Å². The van der Waals surface area contributed by atoms with Crippen molar-refractivity contribution in [2.24, 2.45) is 0 Å². The molecule has 1 atom stereocenters. The molecule has 1 rings (SSSR count). The molecule has 2 amide bonds. The normalized spacial score (nSPS) is 20.9. The fourth-order valence-corrected chi connectivity index (χ4v) is 1.41. The summed E-state index contributed by atoms with van der Waals surface area (Å²) in [6.07, 6.45) is -5.31. The fourth-order valence-electron chi connectivity index (χ4n) is 1.41. The number of carbonyl (C=O) groups excluding carboxylic acids is 2. The summed E-state index contributed by atoms with van der Waals surface area (Å²) in [5.74, 6) is -0.679. The van der Waals surface area contributed by atoms with E-state index in [0.29, 0.717) is 0 Å². The molecule has 0 aromatic heterocycles. The number of hydrogen-bond acceptors (Lipinski definition) is 3. The van der Waals surface area contributed by atoms with Crippen LogP contribution in [0.2, 0.25) is 0 Å². The summed E-state index contributed by atoms with van der Waals surface area (Å²) in [7, 11) is 1.31. The van der Waals surface area contributed by atoms with Gasteiger partial charge in [-0.25, -0.2) is 0 Å². The Kier molecular flexibility index (Phi) is 4.33. The van der Waals surface area contributed by atoms with Crippen LogP contribution in [0.25, 0.3) is 0 Å². The van der Waals surface area contributed by atoms with E-state index in [1.165, 1.54) is 7.05 Å². The van der Waals surface area contributed by atoms with Crippen molar-refractivity contribution in [1.82, 2.24) is 15.5 Å². The first-order chi connectivity index (χ1) is 7.79. The Morgan fingerprint density at radius 1 is 1.53 bits per heavy atom. The molecule has 98 valence electrons. The highest BCUT2D eigenvalue weighted by molar-refractivity contribution is 5.86. The predicted molar refractivity (Wildman–Crippen MR) is 53.1 cm³/mol. The summed E-state index contributed by atoms with van der Waals surface area (Å²) in [4.78, 5) is 23.5. The molecular weight excluding hydrogens is 239 g/mol. The van der Waals surface area contributed by atoms with Gasteiger partial charge in [-0.2, -0.15) is 13.2 Å². The summed E-state index contributed by atoms with van der Waals surface area (Å²) in [5.41, 5.74) is 0. The largest absolute Gasteiger partial charge is 0.390 e. The van der Waals surface area contributed by atoms with Crippen LogP contribution in [0.1, 0.15) is 6.42 Å². The number of nitrogens with zero attached hydrogens (tertiary/aromatic N) is 1. The first kappa shape index (κ1) is 13.8.